The highest BCUT2D eigenvalue weighted by atomic mass is 16.6. The smallest absolute Gasteiger partial charge is 0.308 e. The van der Waals surface area contributed by atoms with Gasteiger partial charge in [-0.3, -0.25) is 14.5 Å². The number of ether oxygens (including phenoxy) is 4. The monoisotopic (exact) mass is 712 g/mol. The predicted molar refractivity (Wildman–Crippen MR) is 206 cm³/mol. The Bertz CT molecular complexity index is 750. The minimum atomic E-state index is -0.208. The van der Waals surface area contributed by atoms with Crippen LogP contribution >= 0.6 is 0 Å². The van der Waals surface area contributed by atoms with Crippen LogP contribution in [0.15, 0.2) is 0 Å². The van der Waals surface area contributed by atoms with Crippen LogP contribution in [0, 0.1) is 0 Å². The second-order valence-electron chi connectivity index (χ2n) is 14.8. The van der Waals surface area contributed by atoms with Gasteiger partial charge in [0.15, 0.2) is 0 Å². The summed E-state index contributed by atoms with van der Waals surface area (Å²) in [7, 11) is 0. The number of unbranched alkanes of at least 4 members (excludes halogenated alkanes) is 19. The van der Waals surface area contributed by atoms with Crippen molar-refractivity contribution < 1.29 is 33.6 Å². The van der Waals surface area contributed by atoms with E-state index in [1.165, 1.54) is 109 Å². The molecule has 0 aromatic rings. The van der Waals surface area contributed by atoms with Gasteiger partial charge in [-0.05, 0) is 44.9 Å². The normalized spacial score (nSPS) is 16.4. The van der Waals surface area contributed by atoms with Crippen molar-refractivity contribution in [2.24, 2.45) is 0 Å². The Morgan fingerprint density at radius 2 is 1.02 bits per heavy atom. The average molecular weight is 712 g/mol. The molecule has 50 heavy (non-hydrogen) atoms. The third-order valence-electron chi connectivity index (χ3n) is 10.0. The minimum absolute atomic E-state index is 0.0530. The Kier molecular flexibility index (Phi) is 32.6. The van der Waals surface area contributed by atoms with Crippen molar-refractivity contribution in [3.63, 3.8) is 0 Å². The zero-order valence-corrected chi connectivity index (χ0v) is 33.1. The number of hydrogen-bond donors (Lipinski definition) is 1. The van der Waals surface area contributed by atoms with Crippen LogP contribution in [0.3, 0.4) is 0 Å². The largest absolute Gasteiger partial charge is 0.466 e. The SMILES string of the molecule is CCCCCCCCCCCOC(=O)CCOC1CN(CCO)CC1OCCCCC(=O)OC(CCCCCCCC)CCCCCCCC. The van der Waals surface area contributed by atoms with Gasteiger partial charge in [0.05, 0.1) is 38.4 Å². The molecule has 0 aliphatic carbocycles. The summed E-state index contributed by atoms with van der Waals surface area (Å²) < 4.78 is 23.8. The molecule has 1 aliphatic rings. The van der Waals surface area contributed by atoms with Crippen molar-refractivity contribution in [1.29, 1.82) is 0 Å². The van der Waals surface area contributed by atoms with Gasteiger partial charge >= 0.3 is 11.9 Å². The van der Waals surface area contributed by atoms with Gasteiger partial charge in [-0.1, -0.05) is 136 Å². The molecule has 1 N–H and O–H groups in total. The molecule has 8 nitrogen and oxygen atoms in total. The summed E-state index contributed by atoms with van der Waals surface area (Å²) in [5, 5.41) is 9.46. The Morgan fingerprint density at radius 1 is 0.560 bits per heavy atom. The first-order valence-electron chi connectivity index (χ1n) is 21.4. The molecule has 1 saturated heterocycles. The molecule has 0 spiro atoms. The van der Waals surface area contributed by atoms with Gasteiger partial charge in [0.1, 0.15) is 6.10 Å². The Labute approximate surface area is 308 Å². The van der Waals surface area contributed by atoms with E-state index in [1.807, 2.05) is 0 Å². The fraction of sp³-hybridized carbons (Fsp3) is 0.952. The summed E-state index contributed by atoms with van der Waals surface area (Å²) in [5.74, 6) is -0.284. The standard InChI is InChI=1S/C42H81NO7/c1-4-7-10-13-16-17-18-21-25-34-49-41(45)30-35-48-40-37-43(31-32-44)36-39(40)47-33-26-24-29-42(46)50-38(27-22-19-14-11-8-5-2)28-23-20-15-12-9-6-3/h38-40,44H,4-37H2,1-3H3. The van der Waals surface area contributed by atoms with E-state index < -0.39 is 0 Å². The zero-order valence-electron chi connectivity index (χ0n) is 33.1. The van der Waals surface area contributed by atoms with Crippen LogP contribution in [0.5, 0.6) is 0 Å². The van der Waals surface area contributed by atoms with Crippen LogP contribution in [0.4, 0.5) is 0 Å². The Hall–Kier alpha value is -1.22. The molecular formula is C42H81NO7. The average Bonchev–Trinajstić information content (AvgIpc) is 3.49. The molecule has 1 aliphatic heterocycles. The quantitative estimate of drug-likeness (QED) is 0.0503. The maximum absolute atomic E-state index is 12.8. The van der Waals surface area contributed by atoms with Crippen molar-refractivity contribution in [3.8, 4) is 0 Å². The molecule has 1 rings (SSSR count). The first-order chi connectivity index (χ1) is 24.5. The summed E-state index contributed by atoms with van der Waals surface area (Å²) in [5.41, 5.74) is 0. The van der Waals surface area contributed by atoms with Gasteiger partial charge in [0.2, 0.25) is 0 Å². The van der Waals surface area contributed by atoms with E-state index in [2.05, 4.69) is 25.7 Å². The summed E-state index contributed by atoms with van der Waals surface area (Å²) in [4.78, 5) is 27.2. The number of carbonyl (C=O) groups is 2. The fourth-order valence-corrected chi connectivity index (χ4v) is 6.85. The number of nitrogens with zero attached hydrogens (tertiary/aromatic N) is 1. The molecular weight excluding hydrogens is 630 g/mol. The molecule has 296 valence electrons. The lowest BCUT2D eigenvalue weighted by atomic mass is 10.0. The molecule has 1 heterocycles. The van der Waals surface area contributed by atoms with E-state index in [9.17, 15) is 14.7 Å². The van der Waals surface area contributed by atoms with Crippen LogP contribution in [-0.2, 0) is 28.5 Å². The predicted octanol–water partition coefficient (Wildman–Crippen LogP) is 10.1. The van der Waals surface area contributed by atoms with E-state index in [4.69, 9.17) is 18.9 Å². The van der Waals surface area contributed by atoms with E-state index in [-0.39, 0.29) is 43.3 Å². The van der Waals surface area contributed by atoms with Crippen molar-refractivity contribution in [2.75, 3.05) is 46.1 Å². The number of rotatable bonds is 37. The van der Waals surface area contributed by atoms with Gasteiger partial charge in [0, 0.05) is 32.7 Å². The first kappa shape index (κ1) is 46.8. The third-order valence-corrected chi connectivity index (χ3v) is 10.0. The Morgan fingerprint density at radius 3 is 1.54 bits per heavy atom. The minimum Gasteiger partial charge on any atom is -0.466 e. The molecule has 2 atom stereocenters. The molecule has 0 amide bonds. The van der Waals surface area contributed by atoms with E-state index >= 15 is 0 Å². The molecule has 0 bridgehead atoms. The van der Waals surface area contributed by atoms with Crippen molar-refractivity contribution in [1.82, 2.24) is 4.90 Å². The third kappa shape index (κ3) is 27.4. The van der Waals surface area contributed by atoms with E-state index in [0.717, 1.165) is 51.4 Å². The highest BCUT2D eigenvalue weighted by Crippen LogP contribution is 2.20. The van der Waals surface area contributed by atoms with E-state index in [0.29, 0.717) is 45.9 Å². The van der Waals surface area contributed by atoms with Gasteiger partial charge < -0.3 is 24.1 Å². The number of hydrogen-bond acceptors (Lipinski definition) is 8. The molecule has 2 unspecified atom stereocenters. The van der Waals surface area contributed by atoms with Crippen LogP contribution in [0.25, 0.3) is 0 Å². The van der Waals surface area contributed by atoms with Gasteiger partial charge in [-0.25, -0.2) is 0 Å². The van der Waals surface area contributed by atoms with Gasteiger partial charge in [-0.15, -0.1) is 0 Å². The lowest BCUT2D eigenvalue weighted by Gasteiger charge is -2.20. The summed E-state index contributed by atoms with van der Waals surface area (Å²) >= 11 is 0. The highest BCUT2D eigenvalue weighted by molar-refractivity contribution is 5.69. The molecule has 0 radical (unpaired) electrons. The highest BCUT2D eigenvalue weighted by Gasteiger charge is 2.34. The maximum atomic E-state index is 12.8. The lowest BCUT2D eigenvalue weighted by molar-refractivity contribution is -0.150. The lowest BCUT2D eigenvalue weighted by Crippen LogP contribution is -2.31. The maximum Gasteiger partial charge on any atom is 0.308 e. The number of esters is 2. The Balaban J connectivity index is 2.29. The summed E-state index contributed by atoms with van der Waals surface area (Å²) in [6.45, 7) is 10.1. The van der Waals surface area contributed by atoms with Crippen LogP contribution in [-0.4, -0.2) is 86.3 Å². The molecule has 8 heteroatoms. The number of carbonyl (C=O) groups excluding carboxylic acids is 2. The van der Waals surface area contributed by atoms with Crippen LogP contribution in [0.2, 0.25) is 0 Å². The van der Waals surface area contributed by atoms with Crippen LogP contribution < -0.4 is 0 Å². The summed E-state index contributed by atoms with van der Waals surface area (Å²) in [6.07, 6.45) is 30.1. The number of aliphatic hydroxyl groups is 1. The molecule has 0 aromatic heterocycles. The zero-order chi connectivity index (χ0) is 36.3. The number of β-amino-alcohol motifs (C(OH)–C–C–N with tert-alkyl or cyclic N) is 1. The fourth-order valence-electron chi connectivity index (χ4n) is 6.85. The van der Waals surface area contributed by atoms with Crippen LogP contribution in [0.1, 0.15) is 194 Å². The number of likely N-dealkylation sites (tertiary alicyclic amines) is 1. The summed E-state index contributed by atoms with van der Waals surface area (Å²) in [6, 6.07) is 0. The second-order valence-corrected chi connectivity index (χ2v) is 14.8. The molecule has 0 saturated carbocycles. The van der Waals surface area contributed by atoms with Crippen molar-refractivity contribution in [2.45, 2.75) is 212 Å². The van der Waals surface area contributed by atoms with Gasteiger partial charge in [-0.2, -0.15) is 0 Å². The second kappa shape index (κ2) is 34.8. The topological polar surface area (TPSA) is 94.5 Å². The van der Waals surface area contributed by atoms with Gasteiger partial charge in [0.25, 0.3) is 0 Å². The number of aliphatic hydroxyl groups excluding tert-OH is 1. The first-order valence-corrected chi connectivity index (χ1v) is 21.4. The van der Waals surface area contributed by atoms with Crippen molar-refractivity contribution in [3.05, 3.63) is 0 Å². The van der Waals surface area contributed by atoms with E-state index in [1.54, 1.807) is 0 Å². The molecule has 1 fully saturated rings. The van der Waals surface area contributed by atoms with Crippen molar-refractivity contribution >= 4 is 11.9 Å². The molecule has 0 aromatic carbocycles.